The van der Waals surface area contributed by atoms with Crippen molar-refractivity contribution >= 4 is 45.2 Å². The summed E-state index contributed by atoms with van der Waals surface area (Å²) < 4.78 is 3.57. The summed E-state index contributed by atoms with van der Waals surface area (Å²) in [6.07, 6.45) is 0.958. The van der Waals surface area contributed by atoms with E-state index in [9.17, 15) is 4.79 Å². The molecule has 1 saturated heterocycles. The summed E-state index contributed by atoms with van der Waals surface area (Å²) in [6.45, 7) is 6.59. The predicted molar refractivity (Wildman–Crippen MR) is 112 cm³/mol. The maximum absolute atomic E-state index is 11.7. The fourth-order valence-electron chi connectivity index (χ4n) is 3.62. The summed E-state index contributed by atoms with van der Waals surface area (Å²) in [6, 6.07) is 15.0. The highest BCUT2D eigenvalue weighted by molar-refractivity contribution is 9.10. The van der Waals surface area contributed by atoms with E-state index in [1.807, 2.05) is 16.8 Å². The summed E-state index contributed by atoms with van der Waals surface area (Å²) in [7, 11) is 0. The van der Waals surface area contributed by atoms with Crippen LogP contribution in [0.4, 0.5) is 11.4 Å². The van der Waals surface area contributed by atoms with Crippen molar-refractivity contribution in [3.63, 3.8) is 0 Å². The highest BCUT2D eigenvalue weighted by atomic mass is 79.9. The number of hydrogen-bond donors (Lipinski definition) is 0. The van der Waals surface area contributed by atoms with Gasteiger partial charge in [-0.2, -0.15) is 0 Å². The predicted octanol–water partition coefficient (Wildman–Crippen LogP) is 4.19. The molecule has 2 aliphatic rings. The second-order valence-corrected chi connectivity index (χ2v) is 8.78. The van der Waals surface area contributed by atoms with Crippen molar-refractivity contribution in [1.29, 1.82) is 0 Å². The van der Waals surface area contributed by atoms with Crippen LogP contribution in [0.5, 0.6) is 0 Å². The number of carbonyl (C=O) groups excluding carboxylic acids is 1. The van der Waals surface area contributed by atoms with Gasteiger partial charge in [0.25, 0.3) is 0 Å². The molecule has 2 aromatic rings. The van der Waals surface area contributed by atoms with Gasteiger partial charge in [0, 0.05) is 60.4 Å². The smallest absolute Gasteiger partial charge is 0.223 e. The van der Waals surface area contributed by atoms with Crippen molar-refractivity contribution < 1.29 is 4.79 Å². The van der Waals surface area contributed by atoms with Crippen LogP contribution in [0.1, 0.15) is 12.5 Å². The van der Waals surface area contributed by atoms with Gasteiger partial charge in [0.1, 0.15) is 0 Å². The van der Waals surface area contributed by atoms with E-state index < -0.39 is 0 Å². The number of amides is 1. The number of benzene rings is 2. The zero-order chi connectivity index (χ0) is 18.1. The number of anilines is 2. The Morgan fingerprint density at radius 2 is 1.85 bits per heavy atom. The Bertz CT molecular complexity index is 820. The molecule has 0 bridgehead atoms. The van der Waals surface area contributed by atoms with E-state index in [0.717, 1.165) is 49.3 Å². The van der Waals surface area contributed by atoms with Gasteiger partial charge in [-0.25, -0.2) is 4.31 Å². The lowest BCUT2D eigenvalue weighted by molar-refractivity contribution is -0.116. The van der Waals surface area contributed by atoms with E-state index in [1.54, 1.807) is 6.92 Å². The van der Waals surface area contributed by atoms with Gasteiger partial charge in [0.15, 0.2) is 0 Å². The number of fused-ring (bicyclic) bond motifs is 1. The molecule has 4 nitrogen and oxygen atoms in total. The maximum Gasteiger partial charge on any atom is 0.223 e. The molecule has 6 heteroatoms. The fraction of sp³-hybridized carbons (Fsp3) is 0.350. The zero-order valence-electron chi connectivity index (χ0n) is 14.8. The molecule has 0 atom stereocenters. The Kier molecular flexibility index (Phi) is 5.25. The third-order valence-corrected chi connectivity index (χ3v) is 6.55. The largest absolute Gasteiger partial charge is 0.369 e. The highest BCUT2D eigenvalue weighted by Gasteiger charge is 2.23. The number of rotatable bonds is 3. The van der Waals surface area contributed by atoms with Crippen LogP contribution in [0.3, 0.4) is 0 Å². The Morgan fingerprint density at radius 1 is 1.04 bits per heavy atom. The minimum Gasteiger partial charge on any atom is -0.369 e. The molecular weight excluding hydrogens is 410 g/mol. The molecule has 0 N–H and O–H groups in total. The van der Waals surface area contributed by atoms with Crippen molar-refractivity contribution in [3.05, 3.63) is 52.5 Å². The molecular formula is C20H22BrN3OS. The average Bonchev–Trinajstić information content (AvgIpc) is 3.06. The third-order valence-electron chi connectivity index (χ3n) is 4.97. The normalized spacial score (nSPS) is 17.5. The second kappa shape index (κ2) is 7.62. The molecule has 1 amide bonds. The van der Waals surface area contributed by atoms with E-state index in [0.29, 0.717) is 0 Å². The van der Waals surface area contributed by atoms with Gasteiger partial charge in [0.05, 0.1) is 0 Å². The van der Waals surface area contributed by atoms with Crippen molar-refractivity contribution in [2.24, 2.45) is 0 Å². The van der Waals surface area contributed by atoms with Gasteiger partial charge >= 0.3 is 0 Å². The van der Waals surface area contributed by atoms with Crippen LogP contribution in [0, 0.1) is 0 Å². The molecule has 0 aromatic heterocycles. The molecule has 136 valence electrons. The number of piperazine rings is 1. The van der Waals surface area contributed by atoms with Crippen LogP contribution in [0.2, 0.25) is 0 Å². The lowest BCUT2D eigenvalue weighted by atomic mass is 10.2. The molecule has 0 unspecified atom stereocenters. The average molecular weight is 432 g/mol. The molecule has 2 aliphatic heterocycles. The molecule has 2 aromatic carbocycles. The lowest BCUT2D eigenvalue weighted by Crippen LogP contribution is -2.43. The minimum atomic E-state index is 0.132. The van der Waals surface area contributed by atoms with E-state index in [-0.39, 0.29) is 5.91 Å². The van der Waals surface area contributed by atoms with Gasteiger partial charge in [-0.05, 0) is 60.3 Å². The van der Waals surface area contributed by atoms with Gasteiger partial charge in [-0.3, -0.25) is 4.79 Å². The first kappa shape index (κ1) is 17.9. The second-order valence-electron chi connectivity index (χ2n) is 6.70. The SMILES string of the molecule is CC(=O)N1CCc2cc(SN3CCN(c4cccc(Br)c4)CC3)ccc21. The minimum absolute atomic E-state index is 0.132. The number of halogens is 1. The van der Waals surface area contributed by atoms with Crippen LogP contribution in [-0.4, -0.2) is 42.9 Å². The Balaban J connectivity index is 1.37. The summed E-state index contributed by atoms with van der Waals surface area (Å²) >= 11 is 5.39. The summed E-state index contributed by atoms with van der Waals surface area (Å²) in [5, 5.41) is 0. The van der Waals surface area contributed by atoms with Crippen LogP contribution in [0.15, 0.2) is 51.8 Å². The van der Waals surface area contributed by atoms with Crippen molar-refractivity contribution in [3.8, 4) is 0 Å². The Hall–Kier alpha value is -1.50. The standard InChI is InChI=1S/C20H22BrN3OS/c1-15(25)24-8-7-16-13-19(5-6-20(16)24)26-23-11-9-22(10-12-23)18-4-2-3-17(21)14-18/h2-6,13-14H,7-12H2,1H3. The van der Waals surface area contributed by atoms with Crippen molar-refractivity contribution in [2.45, 2.75) is 18.2 Å². The number of nitrogens with zero attached hydrogens (tertiary/aromatic N) is 3. The van der Waals surface area contributed by atoms with Gasteiger partial charge in [-0.15, -0.1) is 0 Å². The fourth-order valence-corrected chi connectivity index (χ4v) is 4.98. The zero-order valence-corrected chi connectivity index (χ0v) is 17.2. The van der Waals surface area contributed by atoms with E-state index in [1.165, 1.54) is 16.1 Å². The van der Waals surface area contributed by atoms with Gasteiger partial charge < -0.3 is 9.80 Å². The first-order valence-electron chi connectivity index (χ1n) is 8.94. The summed E-state index contributed by atoms with van der Waals surface area (Å²) in [4.78, 5) is 17.3. The van der Waals surface area contributed by atoms with E-state index in [2.05, 4.69) is 67.6 Å². The van der Waals surface area contributed by atoms with Crippen LogP contribution < -0.4 is 9.80 Å². The Labute approximate surface area is 167 Å². The van der Waals surface area contributed by atoms with Gasteiger partial charge in [-0.1, -0.05) is 22.0 Å². The monoisotopic (exact) mass is 431 g/mol. The molecule has 0 spiro atoms. The van der Waals surface area contributed by atoms with Crippen LogP contribution in [-0.2, 0) is 11.2 Å². The van der Waals surface area contributed by atoms with Gasteiger partial charge in [0.2, 0.25) is 5.91 Å². The first-order chi connectivity index (χ1) is 12.6. The molecule has 2 heterocycles. The van der Waals surface area contributed by atoms with Crippen LogP contribution >= 0.6 is 27.9 Å². The highest BCUT2D eigenvalue weighted by Crippen LogP contribution is 2.34. The summed E-state index contributed by atoms with van der Waals surface area (Å²) in [5.41, 5.74) is 3.66. The van der Waals surface area contributed by atoms with Crippen molar-refractivity contribution in [2.75, 3.05) is 42.5 Å². The van der Waals surface area contributed by atoms with Crippen LogP contribution in [0.25, 0.3) is 0 Å². The number of hydrogen-bond acceptors (Lipinski definition) is 4. The van der Waals surface area contributed by atoms with E-state index >= 15 is 0 Å². The molecule has 0 saturated carbocycles. The van der Waals surface area contributed by atoms with Crippen molar-refractivity contribution in [1.82, 2.24) is 4.31 Å². The molecule has 4 rings (SSSR count). The molecule has 1 fully saturated rings. The Morgan fingerprint density at radius 3 is 2.58 bits per heavy atom. The first-order valence-corrected chi connectivity index (χ1v) is 10.5. The summed E-state index contributed by atoms with van der Waals surface area (Å²) in [5.74, 6) is 0.132. The molecule has 26 heavy (non-hydrogen) atoms. The molecule has 0 radical (unpaired) electrons. The maximum atomic E-state index is 11.7. The lowest BCUT2D eigenvalue weighted by Gasteiger charge is -2.35. The molecule has 0 aliphatic carbocycles. The topological polar surface area (TPSA) is 26.8 Å². The number of carbonyl (C=O) groups is 1. The van der Waals surface area contributed by atoms with E-state index in [4.69, 9.17) is 0 Å². The third kappa shape index (κ3) is 3.77. The quantitative estimate of drug-likeness (QED) is 0.680.